The van der Waals surface area contributed by atoms with E-state index in [4.69, 9.17) is 4.74 Å². The van der Waals surface area contributed by atoms with Crippen LogP contribution in [0.5, 0.6) is 0 Å². The Hall–Kier alpha value is -1.65. The molecule has 1 aromatic carbocycles. The molecule has 4 heteroatoms. The number of amides is 1. The van der Waals surface area contributed by atoms with Crippen molar-refractivity contribution < 1.29 is 9.53 Å². The highest BCUT2D eigenvalue weighted by Crippen LogP contribution is 2.14. The van der Waals surface area contributed by atoms with E-state index in [2.05, 4.69) is 41.4 Å². The van der Waals surface area contributed by atoms with Gasteiger partial charge in [0.15, 0.2) is 0 Å². The summed E-state index contributed by atoms with van der Waals surface area (Å²) in [5.74, 6) is 0.0436. The van der Waals surface area contributed by atoms with Gasteiger partial charge in [-0.1, -0.05) is 35.9 Å². The molecule has 21 heavy (non-hydrogen) atoms. The molecule has 1 aliphatic heterocycles. The Balaban J connectivity index is 1.81. The Morgan fingerprint density at radius 3 is 2.71 bits per heavy atom. The van der Waals surface area contributed by atoms with Crippen LogP contribution in [0.15, 0.2) is 35.9 Å². The summed E-state index contributed by atoms with van der Waals surface area (Å²) in [6.45, 7) is 5.92. The topological polar surface area (TPSA) is 41.6 Å². The molecule has 0 radical (unpaired) electrons. The molecule has 0 bridgehead atoms. The maximum absolute atomic E-state index is 11.9. The molecule has 0 aromatic heterocycles. The number of aryl methyl sites for hydroxylation is 1. The molecule has 0 atom stereocenters. The average Bonchev–Trinajstić information content (AvgIpc) is 2.50. The SMILES string of the molecule is COCCNC(=O)C1=CCN(Cc2ccc(C)cc2)CC1. The van der Waals surface area contributed by atoms with Gasteiger partial charge < -0.3 is 10.1 Å². The van der Waals surface area contributed by atoms with Gasteiger partial charge in [0.25, 0.3) is 0 Å². The molecule has 2 rings (SSSR count). The lowest BCUT2D eigenvalue weighted by molar-refractivity contribution is -0.118. The molecule has 0 fully saturated rings. The number of rotatable bonds is 6. The van der Waals surface area contributed by atoms with Gasteiger partial charge in [0.05, 0.1) is 6.61 Å². The number of ether oxygens (including phenoxy) is 1. The maximum Gasteiger partial charge on any atom is 0.247 e. The van der Waals surface area contributed by atoms with Crippen LogP contribution in [-0.2, 0) is 16.1 Å². The van der Waals surface area contributed by atoms with Crippen molar-refractivity contribution in [3.63, 3.8) is 0 Å². The summed E-state index contributed by atoms with van der Waals surface area (Å²) in [4.78, 5) is 14.3. The highest BCUT2D eigenvalue weighted by atomic mass is 16.5. The lowest BCUT2D eigenvalue weighted by Crippen LogP contribution is -2.34. The summed E-state index contributed by atoms with van der Waals surface area (Å²) in [5, 5.41) is 2.87. The number of carbonyl (C=O) groups is 1. The largest absolute Gasteiger partial charge is 0.383 e. The van der Waals surface area contributed by atoms with E-state index < -0.39 is 0 Å². The van der Waals surface area contributed by atoms with Gasteiger partial charge in [-0.05, 0) is 18.9 Å². The summed E-state index contributed by atoms with van der Waals surface area (Å²) in [7, 11) is 1.63. The van der Waals surface area contributed by atoms with E-state index in [0.717, 1.165) is 31.6 Å². The van der Waals surface area contributed by atoms with Crippen molar-refractivity contribution in [1.29, 1.82) is 0 Å². The monoisotopic (exact) mass is 288 g/mol. The third-order valence-corrected chi connectivity index (χ3v) is 3.70. The predicted molar refractivity (Wildman–Crippen MR) is 84.0 cm³/mol. The van der Waals surface area contributed by atoms with Crippen LogP contribution in [0, 0.1) is 6.92 Å². The second-order valence-corrected chi connectivity index (χ2v) is 5.45. The second-order valence-electron chi connectivity index (χ2n) is 5.45. The minimum atomic E-state index is 0.0436. The van der Waals surface area contributed by atoms with Crippen molar-refractivity contribution in [3.05, 3.63) is 47.0 Å². The van der Waals surface area contributed by atoms with Crippen LogP contribution in [0.2, 0.25) is 0 Å². The van der Waals surface area contributed by atoms with E-state index in [1.54, 1.807) is 7.11 Å². The van der Waals surface area contributed by atoms with Crippen molar-refractivity contribution in [3.8, 4) is 0 Å². The van der Waals surface area contributed by atoms with Crippen LogP contribution < -0.4 is 5.32 Å². The van der Waals surface area contributed by atoms with Gasteiger partial charge in [-0.3, -0.25) is 9.69 Å². The molecule has 1 aromatic rings. The van der Waals surface area contributed by atoms with Gasteiger partial charge in [-0.2, -0.15) is 0 Å². The molecule has 0 saturated heterocycles. The first-order valence-corrected chi connectivity index (χ1v) is 7.43. The number of carbonyl (C=O) groups excluding carboxylic acids is 1. The zero-order valence-corrected chi connectivity index (χ0v) is 12.9. The van der Waals surface area contributed by atoms with Crippen molar-refractivity contribution >= 4 is 5.91 Å². The number of benzene rings is 1. The highest BCUT2D eigenvalue weighted by molar-refractivity contribution is 5.93. The Morgan fingerprint density at radius 1 is 1.33 bits per heavy atom. The predicted octanol–water partition coefficient (Wildman–Crippen LogP) is 1.89. The lowest BCUT2D eigenvalue weighted by atomic mass is 10.1. The summed E-state index contributed by atoms with van der Waals surface area (Å²) >= 11 is 0. The van der Waals surface area contributed by atoms with Gasteiger partial charge in [-0.25, -0.2) is 0 Å². The molecule has 0 unspecified atom stereocenters. The summed E-state index contributed by atoms with van der Waals surface area (Å²) < 4.78 is 4.93. The number of hydrogen-bond acceptors (Lipinski definition) is 3. The normalized spacial score (nSPS) is 15.6. The second kappa shape index (κ2) is 7.96. The molecule has 4 nitrogen and oxygen atoms in total. The van der Waals surface area contributed by atoms with Gasteiger partial charge >= 0.3 is 0 Å². The first-order valence-electron chi connectivity index (χ1n) is 7.43. The highest BCUT2D eigenvalue weighted by Gasteiger charge is 2.16. The molecule has 0 saturated carbocycles. The van der Waals surface area contributed by atoms with Gasteiger partial charge in [0, 0.05) is 38.9 Å². The third-order valence-electron chi connectivity index (χ3n) is 3.70. The zero-order valence-electron chi connectivity index (χ0n) is 12.9. The van der Waals surface area contributed by atoms with Crippen molar-refractivity contribution in [1.82, 2.24) is 10.2 Å². The quantitative estimate of drug-likeness (QED) is 0.813. The van der Waals surface area contributed by atoms with Crippen LogP contribution in [0.25, 0.3) is 0 Å². The molecular weight excluding hydrogens is 264 g/mol. The van der Waals surface area contributed by atoms with E-state index >= 15 is 0 Å². The smallest absolute Gasteiger partial charge is 0.247 e. The van der Waals surface area contributed by atoms with Crippen LogP contribution >= 0.6 is 0 Å². The number of nitrogens with one attached hydrogen (secondary N) is 1. The van der Waals surface area contributed by atoms with Crippen molar-refractivity contribution in [2.45, 2.75) is 19.9 Å². The molecule has 1 N–H and O–H groups in total. The summed E-state index contributed by atoms with van der Waals surface area (Å²) in [5.41, 5.74) is 3.50. The van der Waals surface area contributed by atoms with Gasteiger partial charge in [0.2, 0.25) is 5.91 Å². The minimum Gasteiger partial charge on any atom is -0.383 e. The summed E-state index contributed by atoms with van der Waals surface area (Å²) in [6, 6.07) is 8.63. The summed E-state index contributed by atoms with van der Waals surface area (Å²) in [6.07, 6.45) is 2.85. The Bertz CT molecular complexity index is 494. The maximum atomic E-state index is 11.9. The Kier molecular flexibility index (Phi) is 5.96. The first kappa shape index (κ1) is 15.7. The van der Waals surface area contributed by atoms with Crippen LogP contribution in [-0.4, -0.2) is 44.2 Å². The average molecular weight is 288 g/mol. The molecule has 114 valence electrons. The van der Waals surface area contributed by atoms with E-state index in [1.165, 1.54) is 11.1 Å². The minimum absolute atomic E-state index is 0.0436. The van der Waals surface area contributed by atoms with Crippen LogP contribution in [0.3, 0.4) is 0 Å². The number of hydrogen-bond donors (Lipinski definition) is 1. The fourth-order valence-electron chi connectivity index (χ4n) is 2.39. The molecule has 1 heterocycles. The first-order chi connectivity index (χ1) is 10.2. The van der Waals surface area contributed by atoms with Gasteiger partial charge in [0.1, 0.15) is 0 Å². The number of methoxy groups -OCH3 is 1. The Morgan fingerprint density at radius 2 is 2.10 bits per heavy atom. The fourth-order valence-corrected chi connectivity index (χ4v) is 2.39. The fraction of sp³-hybridized carbons (Fsp3) is 0.471. The third kappa shape index (κ3) is 4.99. The van der Waals surface area contributed by atoms with Crippen molar-refractivity contribution in [2.24, 2.45) is 0 Å². The molecule has 1 amide bonds. The molecule has 1 aliphatic rings. The molecular formula is C17H24N2O2. The molecule has 0 spiro atoms. The van der Waals surface area contributed by atoms with E-state index in [1.807, 2.05) is 6.08 Å². The molecule has 0 aliphatic carbocycles. The number of nitrogens with zero attached hydrogens (tertiary/aromatic N) is 1. The van der Waals surface area contributed by atoms with Crippen molar-refractivity contribution in [2.75, 3.05) is 33.4 Å². The zero-order chi connectivity index (χ0) is 15.1. The van der Waals surface area contributed by atoms with Crippen LogP contribution in [0.1, 0.15) is 17.5 Å². The Labute approximate surface area is 126 Å². The van der Waals surface area contributed by atoms with Gasteiger partial charge in [-0.15, -0.1) is 0 Å². The lowest BCUT2D eigenvalue weighted by Gasteiger charge is -2.26. The van der Waals surface area contributed by atoms with E-state index in [-0.39, 0.29) is 5.91 Å². The van der Waals surface area contributed by atoms with Crippen LogP contribution in [0.4, 0.5) is 0 Å². The van der Waals surface area contributed by atoms with E-state index in [9.17, 15) is 4.79 Å². The van der Waals surface area contributed by atoms with E-state index in [0.29, 0.717) is 13.2 Å². The standard InChI is InChI=1S/C17H24N2O2/c1-14-3-5-15(6-4-14)13-19-10-7-16(8-11-19)17(20)18-9-12-21-2/h3-7H,8-13H2,1-2H3,(H,18,20).